The van der Waals surface area contributed by atoms with Crippen molar-refractivity contribution in [2.45, 2.75) is 84.7 Å². The highest BCUT2D eigenvalue weighted by Crippen LogP contribution is 2.24. The summed E-state index contributed by atoms with van der Waals surface area (Å²) in [7, 11) is 0. The second-order valence-electron chi connectivity index (χ2n) is 9.96. The number of esters is 1. The Balaban J connectivity index is 1.44. The maximum Gasteiger partial charge on any atom is 0.343 e. The fraction of sp³-hybridized carbons (Fsp3) is 0.400. The smallest absolute Gasteiger partial charge is 0.343 e. The average Bonchev–Trinajstić information content (AvgIpc) is 2.96. The number of benzene rings is 3. The highest BCUT2D eigenvalue weighted by atomic mass is 16.5. The first-order valence-corrected chi connectivity index (χ1v) is 14.6. The van der Waals surface area contributed by atoms with Crippen molar-refractivity contribution < 1.29 is 19.0 Å². The Labute approximate surface area is 235 Å². The van der Waals surface area contributed by atoms with Gasteiger partial charge in [-0.1, -0.05) is 69.5 Å². The summed E-state index contributed by atoms with van der Waals surface area (Å²) in [5, 5.41) is 0. The van der Waals surface area contributed by atoms with Gasteiger partial charge in [-0.15, -0.1) is 0 Å². The molecule has 0 amide bonds. The number of hydrogen-bond acceptors (Lipinski definition) is 4. The van der Waals surface area contributed by atoms with Crippen molar-refractivity contribution in [3.05, 3.63) is 90.5 Å². The van der Waals surface area contributed by atoms with Gasteiger partial charge in [0, 0.05) is 0 Å². The van der Waals surface area contributed by atoms with E-state index in [0.29, 0.717) is 11.3 Å². The van der Waals surface area contributed by atoms with Crippen molar-refractivity contribution in [3.8, 4) is 28.4 Å². The summed E-state index contributed by atoms with van der Waals surface area (Å²) in [6.45, 7) is 7.20. The molecular weight excluding hydrogens is 484 g/mol. The summed E-state index contributed by atoms with van der Waals surface area (Å²) in [5.41, 5.74) is 2.61. The van der Waals surface area contributed by atoms with Crippen molar-refractivity contribution in [1.82, 2.24) is 0 Å². The Bertz CT molecular complexity index is 1110. The molecule has 0 spiro atoms. The Morgan fingerprint density at radius 1 is 0.718 bits per heavy atom. The molecule has 0 aromatic heterocycles. The zero-order chi connectivity index (χ0) is 27.7. The van der Waals surface area contributed by atoms with Gasteiger partial charge in [0.05, 0.1) is 18.3 Å². The van der Waals surface area contributed by atoms with Gasteiger partial charge in [0.2, 0.25) is 0 Å². The Morgan fingerprint density at radius 2 is 1.36 bits per heavy atom. The number of allylic oxidation sites excluding steroid dienone is 2. The normalized spacial score (nSPS) is 11.9. The van der Waals surface area contributed by atoms with Gasteiger partial charge in [-0.2, -0.15) is 0 Å². The highest BCUT2D eigenvalue weighted by molar-refractivity contribution is 5.91. The third-order valence-electron chi connectivity index (χ3n) is 6.58. The van der Waals surface area contributed by atoms with E-state index in [1.807, 2.05) is 48.5 Å². The zero-order valence-corrected chi connectivity index (χ0v) is 23.9. The van der Waals surface area contributed by atoms with E-state index >= 15 is 0 Å². The van der Waals surface area contributed by atoms with Gasteiger partial charge < -0.3 is 14.2 Å². The van der Waals surface area contributed by atoms with Crippen LogP contribution in [-0.4, -0.2) is 18.7 Å². The minimum atomic E-state index is -0.381. The zero-order valence-electron chi connectivity index (χ0n) is 23.9. The summed E-state index contributed by atoms with van der Waals surface area (Å²) >= 11 is 0. The van der Waals surface area contributed by atoms with Crippen LogP contribution in [0.3, 0.4) is 0 Å². The lowest BCUT2D eigenvalue weighted by Gasteiger charge is -2.15. The molecule has 1 atom stereocenters. The Kier molecular flexibility index (Phi) is 13.2. The maximum absolute atomic E-state index is 12.7. The number of hydrogen-bond donors (Lipinski definition) is 0. The quantitative estimate of drug-likeness (QED) is 0.0757. The number of ether oxygens (including phenoxy) is 3. The average molecular weight is 529 g/mol. The van der Waals surface area contributed by atoms with Crippen molar-refractivity contribution in [3.63, 3.8) is 0 Å². The first-order chi connectivity index (χ1) is 19.1. The van der Waals surface area contributed by atoms with Gasteiger partial charge in [-0.3, -0.25) is 0 Å². The van der Waals surface area contributed by atoms with Crippen LogP contribution in [0, 0.1) is 0 Å². The lowest BCUT2D eigenvalue weighted by atomic mass is 10.0. The molecule has 0 N–H and O–H groups in total. The van der Waals surface area contributed by atoms with Gasteiger partial charge in [-0.05, 0) is 105 Å². The molecule has 3 aromatic carbocycles. The van der Waals surface area contributed by atoms with Crippen LogP contribution in [0.5, 0.6) is 17.2 Å². The second kappa shape index (κ2) is 17.1. The van der Waals surface area contributed by atoms with Gasteiger partial charge in [0.25, 0.3) is 0 Å². The minimum Gasteiger partial charge on any atom is -0.494 e. The third kappa shape index (κ3) is 11.0. The molecule has 0 saturated heterocycles. The first kappa shape index (κ1) is 30.0. The van der Waals surface area contributed by atoms with Gasteiger partial charge in [0.1, 0.15) is 17.2 Å². The van der Waals surface area contributed by atoms with E-state index < -0.39 is 0 Å². The van der Waals surface area contributed by atoms with Crippen LogP contribution in [0.4, 0.5) is 0 Å². The molecule has 4 heteroatoms. The monoisotopic (exact) mass is 528 g/mol. The van der Waals surface area contributed by atoms with Gasteiger partial charge in [-0.25, -0.2) is 4.79 Å². The van der Waals surface area contributed by atoms with E-state index in [-0.39, 0.29) is 12.1 Å². The Morgan fingerprint density at radius 3 is 2.03 bits per heavy atom. The van der Waals surface area contributed by atoms with E-state index in [0.717, 1.165) is 61.3 Å². The molecule has 0 radical (unpaired) electrons. The molecular formula is C35H44O4. The van der Waals surface area contributed by atoms with E-state index in [1.54, 1.807) is 24.3 Å². The van der Waals surface area contributed by atoms with Crippen molar-refractivity contribution >= 4 is 5.97 Å². The fourth-order valence-electron chi connectivity index (χ4n) is 4.28. The highest BCUT2D eigenvalue weighted by Gasteiger charge is 2.10. The largest absolute Gasteiger partial charge is 0.494 e. The predicted octanol–water partition coefficient (Wildman–Crippen LogP) is 9.83. The van der Waals surface area contributed by atoms with E-state index in [2.05, 4.69) is 32.9 Å². The van der Waals surface area contributed by atoms with Crippen LogP contribution in [0.25, 0.3) is 11.1 Å². The standard InChI is InChI=1S/C35H44O4/c1-4-6-8-10-11-13-27-37-32-21-19-30(20-22-32)29-15-17-31(18-16-29)35(36)39-34-25-23-33(24-26-34)38-28(3)14-12-9-7-5-2/h6,8,15-26,28H,4-5,7,9-14,27H2,1-3H3/b8-6-/t28-/m0/s1. The lowest BCUT2D eigenvalue weighted by Crippen LogP contribution is -2.11. The topological polar surface area (TPSA) is 44.8 Å². The molecule has 3 aromatic rings. The third-order valence-corrected chi connectivity index (χ3v) is 6.58. The summed E-state index contributed by atoms with van der Waals surface area (Å²) in [6.07, 6.45) is 15.0. The summed E-state index contributed by atoms with van der Waals surface area (Å²) < 4.78 is 17.4. The molecule has 0 aliphatic rings. The maximum atomic E-state index is 12.7. The number of unbranched alkanes of at least 4 members (excludes halogenated alkanes) is 5. The van der Waals surface area contributed by atoms with Crippen LogP contribution in [0.2, 0.25) is 0 Å². The molecule has 4 nitrogen and oxygen atoms in total. The molecule has 0 bridgehead atoms. The number of carbonyl (C=O) groups is 1. The molecule has 0 heterocycles. The molecule has 0 unspecified atom stereocenters. The summed E-state index contributed by atoms with van der Waals surface area (Å²) in [4.78, 5) is 12.7. The summed E-state index contributed by atoms with van der Waals surface area (Å²) in [5.74, 6) is 1.78. The van der Waals surface area contributed by atoms with E-state index in [1.165, 1.54) is 25.7 Å². The minimum absolute atomic E-state index is 0.167. The molecule has 0 saturated carbocycles. The molecule has 0 aliphatic heterocycles. The lowest BCUT2D eigenvalue weighted by molar-refractivity contribution is 0.0734. The molecule has 0 aliphatic carbocycles. The van der Waals surface area contributed by atoms with E-state index in [4.69, 9.17) is 14.2 Å². The number of rotatable bonds is 17. The second-order valence-corrected chi connectivity index (χ2v) is 9.96. The number of carbonyl (C=O) groups excluding carboxylic acids is 1. The molecule has 208 valence electrons. The van der Waals surface area contributed by atoms with Crippen LogP contribution in [0.15, 0.2) is 84.9 Å². The fourth-order valence-corrected chi connectivity index (χ4v) is 4.28. The SMILES string of the molecule is CC/C=C\CCCCOc1ccc(-c2ccc(C(=O)Oc3ccc(O[C@@H](C)CCCCCC)cc3)cc2)cc1. The predicted molar refractivity (Wildman–Crippen MR) is 161 cm³/mol. The van der Waals surface area contributed by atoms with Crippen molar-refractivity contribution in [1.29, 1.82) is 0 Å². The van der Waals surface area contributed by atoms with Crippen LogP contribution >= 0.6 is 0 Å². The molecule has 39 heavy (non-hydrogen) atoms. The van der Waals surface area contributed by atoms with E-state index in [9.17, 15) is 4.79 Å². The van der Waals surface area contributed by atoms with Gasteiger partial charge in [0.15, 0.2) is 0 Å². The van der Waals surface area contributed by atoms with Crippen LogP contribution < -0.4 is 14.2 Å². The first-order valence-electron chi connectivity index (χ1n) is 14.6. The molecule has 3 rings (SSSR count). The van der Waals surface area contributed by atoms with Crippen molar-refractivity contribution in [2.24, 2.45) is 0 Å². The van der Waals surface area contributed by atoms with Gasteiger partial charge >= 0.3 is 5.97 Å². The molecule has 0 fully saturated rings. The van der Waals surface area contributed by atoms with Crippen LogP contribution in [0.1, 0.15) is 88.9 Å². The summed E-state index contributed by atoms with van der Waals surface area (Å²) in [6, 6.07) is 22.8. The Hall–Kier alpha value is -3.53. The van der Waals surface area contributed by atoms with Crippen molar-refractivity contribution in [2.75, 3.05) is 6.61 Å². The van der Waals surface area contributed by atoms with Crippen LogP contribution in [-0.2, 0) is 0 Å².